The highest BCUT2D eigenvalue weighted by Gasteiger charge is 2.17. The molecule has 146 valence electrons. The first-order valence-electron chi connectivity index (χ1n) is 9.52. The molecule has 0 fully saturated rings. The lowest BCUT2D eigenvalue weighted by atomic mass is 10.0. The molecule has 4 rings (SSSR count). The van der Waals surface area contributed by atoms with E-state index in [2.05, 4.69) is 21.4 Å². The van der Waals surface area contributed by atoms with Crippen LogP contribution in [0.1, 0.15) is 30.0 Å². The van der Waals surface area contributed by atoms with E-state index in [0.717, 1.165) is 27.7 Å². The zero-order chi connectivity index (χ0) is 20.5. The van der Waals surface area contributed by atoms with Gasteiger partial charge >= 0.3 is 0 Å². The van der Waals surface area contributed by atoms with Crippen LogP contribution in [0.3, 0.4) is 0 Å². The average molecular weight is 385 g/mol. The van der Waals surface area contributed by atoms with E-state index in [1.54, 1.807) is 17.6 Å². The first kappa shape index (κ1) is 18.7. The Hall–Kier alpha value is -3.67. The molecule has 6 heteroatoms. The molecule has 29 heavy (non-hydrogen) atoms. The Morgan fingerprint density at radius 2 is 1.76 bits per heavy atom. The predicted molar refractivity (Wildman–Crippen MR) is 118 cm³/mol. The molecule has 4 aromatic rings. The number of hydrogen-bond acceptors (Lipinski definition) is 5. The summed E-state index contributed by atoms with van der Waals surface area (Å²) in [6, 6.07) is 19.2. The van der Waals surface area contributed by atoms with E-state index in [4.69, 9.17) is 5.73 Å². The van der Waals surface area contributed by atoms with Crippen LogP contribution in [-0.4, -0.2) is 14.5 Å². The van der Waals surface area contributed by atoms with Crippen LogP contribution >= 0.6 is 0 Å². The van der Waals surface area contributed by atoms with Crippen molar-refractivity contribution in [1.29, 1.82) is 0 Å². The Bertz CT molecular complexity index is 1230. The fourth-order valence-corrected chi connectivity index (χ4v) is 3.68. The van der Waals surface area contributed by atoms with Gasteiger partial charge in [-0.1, -0.05) is 36.4 Å². The highest BCUT2D eigenvalue weighted by Crippen LogP contribution is 2.25. The van der Waals surface area contributed by atoms with Crippen molar-refractivity contribution >= 4 is 22.4 Å². The number of nitrogens with two attached hydrogens (primary N) is 1. The van der Waals surface area contributed by atoms with Gasteiger partial charge in [-0.25, -0.2) is 9.97 Å². The number of benzene rings is 2. The zero-order valence-corrected chi connectivity index (χ0v) is 16.7. The molecule has 0 bridgehead atoms. The van der Waals surface area contributed by atoms with Crippen LogP contribution < -0.4 is 16.6 Å². The number of pyridine rings is 1. The summed E-state index contributed by atoms with van der Waals surface area (Å²) in [6.45, 7) is 5.77. The van der Waals surface area contributed by atoms with Gasteiger partial charge in [0.25, 0.3) is 5.56 Å². The average Bonchev–Trinajstić information content (AvgIpc) is 2.67. The smallest absolute Gasteiger partial charge is 0.263 e. The summed E-state index contributed by atoms with van der Waals surface area (Å²) in [6.07, 6.45) is 0. The van der Waals surface area contributed by atoms with Gasteiger partial charge in [-0.3, -0.25) is 9.36 Å². The molecule has 0 aliphatic heterocycles. The third kappa shape index (κ3) is 3.57. The lowest BCUT2D eigenvalue weighted by Crippen LogP contribution is -2.26. The molecule has 0 aliphatic rings. The first-order chi connectivity index (χ1) is 13.9. The van der Waals surface area contributed by atoms with Crippen molar-refractivity contribution in [2.75, 3.05) is 11.1 Å². The molecule has 0 spiro atoms. The molecule has 0 radical (unpaired) electrons. The predicted octanol–water partition coefficient (Wildman–Crippen LogP) is 4.15. The van der Waals surface area contributed by atoms with Gasteiger partial charge in [-0.2, -0.15) is 0 Å². The molecule has 0 unspecified atom stereocenters. The summed E-state index contributed by atoms with van der Waals surface area (Å²) < 4.78 is 1.77. The van der Waals surface area contributed by atoms with Crippen LogP contribution in [0.15, 0.2) is 65.5 Å². The van der Waals surface area contributed by atoms with Crippen molar-refractivity contribution in [3.8, 4) is 5.69 Å². The van der Waals surface area contributed by atoms with Crippen LogP contribution in [0.25, 0.3) is 16.5 Å². The normalized spacial score (nSPS) is 12.1. The fraction of sp³-hybridized carbons (Fsp3) is 0.174. The second-order valence-corrected chi connectivity index (χ2v) is 7.18. The van der Waals surface area contributed by atoms with E-state index < -0.39 is 0 Å². The number of nitrogen functional groups attached to an aromatic ring is 1. The molecule has 0 aliphatic carbocycles. The summed E-state index contributed by atoms with van der Waals surface area (Å²) in [5.41, 5.74) is 8.46. The molecule has 0 saturated heterocycles. The highest BCUT2D eigenvalue weighted by molar-refractivity contribution is 5.85. The molecule has 6 nitrogen and oxygen atoms in total. The first-order valence-corrected chi connectivity index (χ1v) is 9.52. The van der Waals surface area contributed by atoms with Crippen molar-refractivity contribution in [3.63, 3.8) is 0 Å². The Morgan fingerprint density at radius 1 is 1.00 bits per heavy atom. The summed E-state index contributed by atoms with van der Waals surface area (Å²) in [5.74, 6) is 1.62. The maximum absolute atomic E-state index is 13.5. The quantitative estimate of drug-likeness (QED) is 0.551. The Balaban J connectivity index is 1.91. The topological polar surface area (TPSA) is 85.8 Å². The third-order valence-corrected chi connectivity index (χ3v) is 4.96. The number of fused-ring (bicyclic) bond motifs is 1. The van der Waals surface area contributed by atoms with Gasteiger partial charge in [0, 0.05) is 17.4 Å². The number of anilines is 2. The van der Waals surface area contributed by atoms with E-state index in [-0.39, 0.29) is 11.6 Å². The SMILES string of the molecule is Cc1nc(N)cc(N[C@@H](C)c2cc3cccc(C)c3c(=O)n2-c2ccccc2)n1. The van der Waals surface area contributed by atoms with Crippen LogP contribution in [-0.2, 0) is 0 Å². The highest BCUT2D eigenvalue weighted by atomic mass is 16.1. The number of rotatable bonds is 4. The minimum atomic E-state index is -0.193. The molecule has 2 aromatic heterocycles. The fourth-order valence-electron chi connectivity index (χ4n) is 3.68. The maximum Gasteiger partial charge on any atom is 0.263 e. The minimum Gasteiger partial charge on any atom is -0.384 e. The van der Waals surface area contributed by atoms with Gasteiger partial charge in [0.2, 0.25) is 0 Å². The number of aryl methyl sites for hydroxylation is 2. The number of nitrogens with one attached hydrogen (secondary N) is 1. The summed E-state index contributed by atoms with van der Waals surface area (Å²) in [5, 5.41) is 5.02. The molecule has 2 heterocycles. The van der Waals surface area contributed by atoms with Crippen molar-refractivity contribution in [2.45, 2.75) is 26.8 Å². The number of aromatic nitrogens is 3. The van der Waals surface area contributed by atoms with Gasteiger partial charge in [-0.15, -0.1) is 0 Å². The Labute approximate surface area is 169 Å². The van der Waals surface area contributed by atoms with Gasteiger partial charge in [0.15, 0.2) is 0 Å². The second kappa shape index (κ2) is 7.39. The third-order valence-electron chi connectivity index (χ3n) is 4.96. The molecule has 0 saturated carbocycles. The zero-order valence-electron chi connectivity index (χ0n) is 16.7. The number of nitrogens with zero attached hydrogens (tertiary/aromatic N) is 3. The van der Waals surface area contributed by atoms with Gasteiger partial charge in [0.1, 0.15) is 17.5 Å². The lowest BCUT2D eigenvalue weighted by molar-refractivity contribution is 0.771. The molecular formula is C23H23N5O. The van der Waals surface area contributed by atoms with Gasteiger partial charge < -0.3 is 11.1 Å². The Morgan fingerprint density at radius 3 is 2.48 bits per heavy atom. The summed E-state index contributed by atoms with van der Waals surface area (Å²) in [4.78, 5) is 22.1. The van der Waals surface area contributed by atoms with E-state index in [1.165, 1.54) is 0 Å². The monoisotopic (exact) mass is 385 g/mol. The number of para-hydroxylation sites is 1. The van der Waals surface area contributed by atoms with E-state index in [9.17, 15) is 4.79 Å². The molecular weight excluding hydrogens is 362 g/mol. The molecule has 0 amide bonds. The number of hydrogen-bond donors (Lipinski definition) is 2. The van der Waals surface area contributed by atoms with Crippen LogP contribution in [0.4, 0.5) is 11.6 Å². The Kier molecular flexibility index (Phi) is 4.76. The maximum atomic E-state index is 13.5. The molecule has 2 aromatic carbocycles. The van der Waals surface area contributed by atoms with Crippen LogP contribution in [0.2, 0.25) is 0 Å². The largest absolute Gasteiger partial charge is 0.384 e. The van der Waals surface area contributed by atoms with Crippen LogP contribution in [0, 0.1) is 13.8 Å². The van der Waals surface area contributed by atoms with Gasteiger partial charge in [-0.05, 0) is 49.9 Å². The lowest BCUT2D eigenvalue weighted by Gasteiger charge is -2.22. The standard InChI is InChI=1S/C23H23N5O/c1-14-8-7-9-17-12-19(15(2)25-21-13-20(24)26-16(3)27-21)28(23(29)22(14)17)18-10-5-4-6-11-18/h4-13,15H,1-3H3,(H3,24,25,26,27)/t15-/m0/s1. The minimum absolute atomic E-state index is 0.0335. The van der Waals surface area contributed by atoms with Crippen molar-refractivity contribution in [3.05, 3.63) is 88.1 Å². The van der Waals surface area contributed by atoms with E-state index in [1.807, 2.05) is 62.4 Å². The van der Waals surface area contributed by atoms with Gasteiger partial charge in [0.05, 0.1) is 11.4 Å². The van der Waals surface area contributed by atoms with E-state index in [0.29, 0.717) is 17.5 Å². The second-order valence-electron chi connectivity index (χ2n) is 7.18. The van der Waals surface area contributed by atoms with E-state index >= 15 is 0 Å². The molecule has 3 N–H and O–H groups in total. The van der Waals surface area contributed by atoms with Crippen molar-refractivity contribution in [2.24, 2.45) is 0 Å². The summed E-state index contributed by atoms with van der Waals surface area (Å²) >= 11 is 0. The summed E-state index contributed by atoms with van der Waals surface area (Å²) in [7, 11) is 0. The molecule has 1 atom stereocenters. The van der Waals surface area contributed by atoms with Crippen LogP contribution in [0.5, 0.6) is 0 Å². The van der Waals surface area contributed by atoms with Crippen molar-refractivity contribution in [1.82, 2.24) is 14.5 Å². The van der Waals surface area contributed by atoms with Crippen molar-refractivity contribution < 1.29 is 0 Å².